The molecule has 0 aliphatic carbocycles. The zero-order chi connectivity index (χ0) is 22.0. The first-order valence-corrected chi connectivity index (χ1v) is 9.15. The second-order valence-electron chi connectivity index (χ2n) is 6.70. The summed E-state index contributed by atoms with van der Waals surface area (Å²) >= 11 is 0. The van der Waals surface area contributed by atoms with Crippen LogP contribution in [0.15, 0.2) is 55.0 Å². The van der Waals surface area contributed by atoms with Crippen LogP contribution in [-0.4, -0.2) is 9.97 Å². The zero-order valence-corrected chi connectivity index (χ0v) is 16.3. The molecule has 0 fully saturated rings. The number of nitriles is 4. The summed E-state index contributed by atoms with van der Waals surface area (Å²) in [5, 5.41) is 40.2. The molecule has 0 bridgehead atoms. The third-order valence-corrected chi connectivity index (χ3v) is 4.89. The minimum absolute atomic E-state index is 0.114. The minimum atomic E-state index is -0.117. The van der Waals surface area contributed by atoms with E-state index < -0.39 is 0 Å². The van der Waals surface area contributed by atoms with Crippen molar-refractivity contribution in [3.8, 4) is 35.5 Å². The van der Waals surface area contributed by atoms with Gasteiger partial charge in [0.1, 0.15) is 48.0 Å². The molecule has 4 aromatic rings. The van der Waals surface area contributed by atoms with Crippen LogP contribution < -0.4 is 15.0 Å². The van der Waals surface area contributed by atoms with Crippen LogP contribution in [0.3, 0.4) is 0 Å². The highest BCUT2D eigenvalue weighted by Gasteiger charge is 2.16. The molecule has 0 N–H and O–H groups in total. The number of aromatic nitrogens is 3. The van der Waals surface area contributed by atoms with Gasteiger partial charge in [0.05, 0.1) is 23.0 Å². The summed E-state index contributed by atoms with van der Waals surface area (Å²) in [4.78, 5) is 9.27. The first-order chi connectivity index (χ1) is 15.1. The third-order valence-electron chi connectivity index (χ3n) is 4.89. The van der Waals surface area contributed by atoms with Crippen LogP contribution in [0.1, 0.15) is 0 Å². The Kier molecular flexibility index (Phi) is 4.79. The lowest BCUT2D eigenvalue weighted by molar-refractivity contribution is -0.671. The monoisotopic (exact) mass is 398 g/mol. The van der Waals surface area contributed by atoms with E-state index in [0.717, 1.165) is 5.56 Å². The summed E-state index contributed by atoms with van der Waals surface area (Å²) < 4.78 is 1.87. The van der Waals surface area contributed by atoms with E-state index >= 15 is 0 Å². The molecule has 142 valence electrons. The first kappa shape index (κ1) is 19.2. The number of fused-ring (bicyclic) bond motifs is 2. The van der Waals surface area contributed by atoms with Gasteiger partial charge in [0.25, 0.3) is 0 Å². The van der Waals surface area contributed by atoms with E-state index in [-0.39, 0.29) is 11.1 Å². The van der Waals surface area contributed by atoms with Crippen LogP contribution in [0, 0.1) is 45.3 Å². The smallest absolute Gasteiger partial charge is 0.178 e. The molecule has 0 atom stereocenters. The Balaban J connectivity index is 2.38. The average Bonchev–Trinajstić information content (AvgIpc) is 2.81. The van der Waals surface area contributed by atoms with Gasteiger partial charge >= 0.3 is 0 Å². The molecule has 0 radical (unpaired) electrons. The lowest BCUT2D eigenvalue weighted by Crippen LogP contribution is -2.26. The van der Waals surface area contributed by atoms with Gasteiger partial charge in [-0.2, -0.15) is 21.0 Å². The van der Waals surface area contributed by atoms with Crippen LogP contribution in [0.25, 0.3) is 44.2 Å². The van der Waals surface area contributed by atoms with Gasteiger partial charge in [-0.3, -0.25) is 4.98 Å². The van der Waals surface area contributed by atoms with Crippen molar-refractivity contribution >= 4 is 33.0 Å². The quantitative estimate of drug-likeness (QED) is 0.355. The maximum absolute atomic E-state index is 9.62. The van der Waals surface area contributed by atoms with Crippen LogP contribution in [-0.2, 0) is 7.05 Å². The number of pyridine rings is 1. The van der Waals surface area contributed by atoms with E-state index in [1.54, 1.807) is 30.5 Å². The van der Waals surface area contributed by atoms with Crippen molar-refractivity contribution in [1.29, 1.82) is 21.0 Å². The highest BCUT2D eigenvalue weighted by Crippen LogP contribution is 2.18. The van der Waals surface area contributed by atoms with Crippen molar-refractivity contribution in [3.05, 3.63) is 65.4 Å². The number of hydrogen-bond acceptors (Lipinski definition) is 6. The molecule has 31 heavy (non-hydrogen) atoms. The van der Waals surface area contributed by atoms with Gasteiger partial charge in [0.2, 0.25) is 0 Å². The number of benzene rings is 2. The molecule has 0 unspecified atom stereocenters. The Bertz CT molecular complexity index is 1660. The fourth-order valence-corrected chi connectivity index (χ4v) is 3.58. The zero-order valence-electron chi connectivity index (χ0n) is 16.3. The molecule has 0 spiro atoms. The molecule has 0 saturated heterocycles. The predicted molar refractivity (Wildman–Crippen MR) is 112 cm³/mol. The van der Waals surface area contributed by atoms with Gasteiger partial charge < -0.3 is 0 Å². The molecular weight excluding hydrogens is 386 g/mol. The van der Waals surface area contributed by atoms with E-state index in [0.29, 0.717) is 37.9 Å². The Morgan fingerprint density at radius 3 is 1.94 bits per heavy atom. The minimum Gasteiger partial charge on any atom is -0.252 e. The second-order valence-corrected chi connectivity index (χ2v) is 6.70. The molecule has 2 aromatic heterocycles. The van der Waals surface area contributed by atoms with Gasteiger partial charge in [-0.25, -0.2) is 9.55 Å². The molecule has 0 saturated carbocycles. The van der Waals surface area contributed by atoms with Crippen molar-refractivity contribution in [2.75, 3.05) is 0 Å². The molecule has 0 aliphatic heterocycles. The van der Waals surface area contributed by atoms with Gasteiger partial charge in [0, 0.05) is 16.5 Å². The normalized spacial score (nSPS) is 9.97. The van der Waals surface area contributed by atoms with Crippen molar-refractivity contribution < 1.29 is 4.57 Å². The van der Waals surface area contributed by atoms with Crippen molar-refractivity contribution in [1.82, 2.24) is 9.97 Å². The van der Waals surface area contributed by atoms with E-state index in [4.69, 9.17) is 4.98 Å². The van der Waals surface area contributed by atoms with E-state index in [1.807, 2.05) is 60.4 Å². The highest BCUT2D eigenvalue weighted by atomic mass is 14.9. The van der Waals surface area contributed by atoms with Crippen LogP contribution in [0.4, 0.5) is 0 Å². The van der Waals surface area contributed by atoms with Crippen molar-refractivity contribution in [2.24, 2.45) is 7.05 Å². The molecular formula is C24H12N7+. The molecule has 0 aliphatic rings. The van der Waals surface area contributed by atoms with E-state index in [9.17, 15) is 21.0 Å². The second kappa shape index (κ2) is 7.72. The van der Waals surface area contributed by atoms with E-state index in [2.05, 4.69) is 4.98 Å². The summed E-state index contributed by atoms with van der Waals surface area (Å²) in [5.41, 5.74) is 1.68. The van der Waals surface area contributed by atoms with Gasteiger partial charge in [-0.1, -0.05) is 24.3 Å². The van der Waals surface area contributed by atoms with Crippen molar-refractivity contribution in [3.63, 3.8) is 0 Å². The molecule has 7 heteroatoms. The topological polar surface area (TPSA) is 125 Å². The third kappa shape index (κ3) is 3.10. The van der Waals surface area contributed by atoms with E-state index in [1.165, 1.54) is 0 Å². The summed E-state index contributed by atoms with van der Waals surface area (Å²) in [5.74, 6) is 0. The largest absolute Gasteiger partial charge is 0.252 e. The maximum Gasteiger partial charge on any atom is 0.178 e. The fourth-order valence-electron chi connectivity index (χ4n) is 3.58. The standard InChI is InChI=1S/C24H12N7/c1-31-8-4-5-15(14-31)20-13-29-23-21(16(9-25)10-26)18-6-2-3-7-19(18)22(24(23)30-20)17(11-27)12-28/h2-8,13-14H,1H3/q+1. The predicted octanol–water partition coefficient (Wildman–Crippen LogP) is 1.67. The SMILES string of the molecule is C[n+]1cccc(-c2cnc3c(=C(C#N)C#N)c4ccccc4c(=C(C#N)C#N)c3n2)c1. The summed E-state index contributed by atoms with van der Waals surface area (Å²) in [7, 11) is 1.88. The Morgan fingerprint density at radius 1 is 0.806 bits per heavy atom. The maximum atomic E-state index is 9.62. The average molecular weight is 398 g/mol. The number of hydrogen-bond donors (Lipinski definition) is 0. The van der Waals surface area contributed by atoms with Crippen molar-refractivity contribution in [2.45, 2.75) is 0 Å². The number of rotatable bonds is 1. The molecule has 7 nitrogen and oxygen atoms in total. The summed E-state index contributed by atoms with van der Waals surface area (Å²) in [6, 6.07) is 18.5. The molecule has 0 amide bonds. The summed E-state index contributed by atoms with van der Waals surface area (Å²) in [6.07, 6.45) is 5.32. The lowest BCUT2D eigenvalue weighted by Gasteiger charge is -2.08. The Hall–Kier alpha value is -5.11. The first-order valence-electron chi connectivity index (χ1n) is 9.15. The van der Waals surface area contributed by atoms with Gasteiger partial charge in [-0.15, -0.1) is 0 Å². The molecule has 2 aromatic carbocycles. The lowest BCUT2D eigenvalue weighted by atomic mass is 9.98. The van der Waals surface area contributed by atoms with Crippen LogP contribution in [0.5, 0.6) is 0 Å². The highest BCUT2D eigenvalue weighted by molar-refractivity contribution is 6.03. The fraction of sp³-hybridized carbons (Fsp3) is 0.0417. The Labute approximate surface area is 176 Å². The van der Waals surface area contributed by atoms with Crippen LogP contribution in [0.2, 0.25) is 0 Å². The number of nitrogens with zero attached hydrogens (tertiary/aromatic N) is 7. The van der Waals surface area contributed by atoms with Gasteiger partial charge in [-0.05, 0) is 16.8 Å². The molecule has 2 heterocycles. The van der Waals surface area contributed by atoms with Gasteiger partial charge in [0.15, 0.2) is 12.4 Å². The number of aryl methyl sites for hydroxylation is 1. The summed E-state index contributed by atoms with van der Waals surface area (Å²) in [6.45, 7) is 0. The van der Waals surface area contributed by atoms with Crippen LogP contribution >= 0.6 is 0 Å². The Morgan fingerprint density at radius 2 is 1.39 bits per heavy atom. The molecule has 4 rings (SSSR count).